The van der Waals surface area contributed by atoms with Gasteiger partial charge in [-0.05, 0) is 31.2 Å². The molecule has 0 saturated heterocycles. The van der Waals surface area contributed by atoms with Crippen molar-refractivity contribution in [3.8, 4) is 11.8 Å². The van der Waals surface area contributed by atoms with Crippen molar-refractivity contribution >= 4 is 5.91 Å². The second kappa shape index (κ2) is 8.17. The summed E-state index contributed by atoms with van der Waals surface area (Å²) in [6.07, 6.45) is -0.0737. The third-order valence-electron chi connectivity index (χ3n) is 1.81. The third kappa shape index (κ3) is 6.21. The van der Waals surface area contributed by atoms with E-state index in [4.69, 9.17) is 15.7 Å². The minimum Gasteiger partial charge on any atom is -0.490 e. The second-order valence-corrected chi connectivity index (χ2v) is 3.24. The molecule has 0 aliphatic heterocycles. The molecule has 1 atom stereocenters. The zero-order chi connectivity index (χ0) is 13.3. The summed E-state index contributed by atoms with van der Waals surface area (Å²) in [4.78, 5) is 10.6. The van der Waals surface area contributed by atoms with Gasteiger partial charge in [-0.25, -0.2) is 0 Å². The largest absolute Gasteiger partial charge is 0.490 e. The number of carbonyl (C=O) groups is 1. The van der Waals surface area contributed by atoms with Crippen LogP contribution in [-0.2, 0) is 4.79 Å². The van der Waals surface area contributed by atoms with Crippen LogP contribution in [-0.4, -0.2) is 12.0 Å². The van der Waals surface area contributed by atoms with E-state index in [1.807, 2.05) is 19.9 Å². The summed E-state index contributed by atoms with van der Waals surface area (Å²) in [7, 11) is 0. The Labute approximate surface area is 102 Å². The number of nitrogens with zero attached hydrogens (tertiary/aromatic N) is 1. The van der Waals surface area contributed by atoms with Crippen LogP contribution in [0.5, 0.6) is 5.75 Å². The number of amides is 1. The van der Waals surface area contributed by atoms with Crippen LogP contribution in [0.2, 0.25) is 0 Å². The molecule has 2 N–H and O–H groups in total. The molecule has 0 radical (unpaired) electrons. The summed E-state index contributed by atoms with van der Waals surface area (Å²) in [6, 6.07) is 8.71. The molecule has 4 heteroatoms. The van der Waals surface area contributed by atoms with E-state index in [2.05, 4.69) is 0 Å². The van der Waals surface area contributed by atoms with Crippen molar-refractivity contribution in [3.05, 3.63) is 29.8 Å². The van der Waals surface area contributed by atoms with E-state index >= 15 is 0 Å². The Kier molecular flexibility index (Phi) is 7.20. The maximum Gasteiger partial charge on any atom is 0.221 e. The third-order valence-corrected chi connectivity index (χ3v) is 1.81. The van der Waals surface area contributed by atoms with Crippen molar-refractivity contribution in [3.63, 3.8) is 0 Å². The van der Waals surface area contributed by atoms with Crippen molar-refractivity contribution in [1.29, 1.82) is 5.26 Å². The fourth-order valence-electron chi connectivity index (χ4n) is 1.17. The van der Waals surface area contributed by atoms with E-state index in [1.165, 1.54) is 0 Å². The molecule has 4 nitrogen and oxygen atoms in total. The Morgan fingerprint density at radius 2 is 1.94 bits per heavy atom. The van der Waals surface area contributed by atoms with Gasteiger partial charge < -0.3 is 10.5 Å². The zero-order valence-corrected chi connectivity index (χ0v) is 10.4. The van der Waals surface area contributed by atoms with Crippen molar-refractivity contribution in [1.82, 2.24) is 0 Å². The van der Waals surface area contributed by atoms with E-state index in [0.29, 0.717) is 11.3 Å². The number of primary amides is 1. The highest BCUT2D eigenvalue weighted by Gasteiger charge is 2.07. The number of rotatable bonds is 4. The lowest BCUT2D eigenvalue weighted by Gasteiger charge is -2.12. The Bertz CT molecular complexity index is 379. The lowest BCUT2D eigenvalue weighted by Crippen LogP contribution is -2.22. The number of benzene rings is 1. The molecular formula is C13H18N2O2. The lowest BCUT2D eigenvalue weighted by atomic mass is 10.2. The van der Waals surface area contributed by atoms with Crippen LogP contribution in [0.4, 0.5) is 0 Å². The quantitative estimate of drug-likeness (QED) is 0.867. The highest BCUT2D eigenvalue weighted by atomic mass is 16.5. The van der Waals surface area contributed by atoms with Gasteiger partial charge in [-0.15, -0.1) is 0 Å². The van der Waals surface area contributed by atoms with Gasteiger partial charge in [-0.2, -0.15) is 5.26 Å². The molecule has 1 aromatic carbocycles. The first-order valence-corrected chi connectivity index (χ1v) is 5.57. The van der Waals surface area contributed by atoms with Crippen molar-refractivity contribution in [2.24, 2.45) is 5.73 Å². The minimum atomic E-state index is -0.392. The van der Waals surface area contributed by atoms with Crippen molar-refractivity contribution < 1.29 is 9.53 Å². The maximum absolute atomic E-state index is 10.6. The molecule has 0 aromatic heterocycles. The topological polar surface area (TPSA) is 76.1 Å². The SMILES string of the molecule is CC.CC(CC(N)=O)Oc1ccc(C#N)cc1. The average Bonchev–Trinajstić information content (AvgIpc) is 2.31. The van der Waals surface area contributed by atoms with Gasteiger partial charge in [0, 0.05) is 0 Å². The van der Waals surface area contributed by atoms with E-state index in [1.54, 1.807) is 31.2 Å². The molecular weight excluding hydrogens is 216 g/mol. The molecule has 0 aliphatic rings. The van der Waals surface area contributed by atoms with Gasteiger partial charge in [0.15, 0.2) is 0 Å². The Morgan fingerprint density at radius 3 is 2.35 bits per heavy atom. The summed E-state index contributed by atoms with van der Waals surface area (Å²) in [5.74, 6) is 0.235. The molecule has 0 spiro atoms. The minimum absolute atomic E-state index is 0.181. The number of carbonyl (C=O) groups excluding carboxylic acids is 1. The molecule has 1 aromatic rings. The number of ether oxygens (including phenoxy) is 1. The van der Waals surface area contributed by atoms with Gasteiger partial charge in [-0.1, -0.05) is 13.8 Å². The van der Waals surface area contributed by atoms with Gasteiger partial charge in [0.1, 0.15) is 11.9 Å². The van der Waals surface area contributed by atoms with Gasteiger partial charge in [0.2, 0.25) is 5.91 Å². The van der Waals surface area contributed by atoms with Crippen LogP contribution in [0.15, 0.2) is 24.3 Å². The number of nitrogens with two attached hydrogens (primary N) is 1. The fraction of sp³-hybridized carbons (Fsp3) is 0.385. The Hall–Kier alpha value is -2.02. The standard InChI is InChI=1S/C11H12N2O2.C2H6/c1-8(6-11(13)14)15-10-4-2-9(7-12)3-5-10;1-2/h2-5,8H,6H2,1H3,(H2,13,14);1-2H3. The zero-order valence-electron chi connectivity index (χ0n) is 10.4. The summed E-state index contributed by atoms with van der Waals surface area (Å²) >= 11 is 0. The summed E-state index contributed by atoms with van der Waals surface area (Å²) in [5.41, 5.74) is 5.60. The van der Waals surface area contributed by atoms with Gasteiger partial charge in [0.25, 0.3) is 0 Å². The molecule has 0 heterocycles. The lowest BCUT2D eigenvalue weighted by molar-refractivity contribution is -0.119. The highest BCUT2D eigenvalue weighted by Crippen LogP contribution is 2.14. The van der Waals surface area contributed by atoms with E-state index in [-0.39, 0.29) is 12.5 Å². The smallest absolute Gasteiger partial charge is 0.221 e. The molecule has 0 saturated carbocycles. The summed E-state index contributed by atoms with van der Waals surface area (Å²) in [5, 5.41) is 8.58. The van der Waals surface area contributed by atoms with Crippen LogP contribution in [0.1, 0.15) is 32.8 Å². The summed E-state index contributed by atoms with van der Waals surface area (Å²) in [6.45, 7) is 5.77. The first-order valence-electron chi connectivity index (χ1n) is 5.57. The molecule has 17 heavy (non-hydrogen) atoms. The summed E-state index contributed by atoms with van der Waals surface area (Å²) < 4.78 is 5.41. The predicted molar refractivity (Wildman–Crippen MR) is 66.4 cm³/mol. The predicted octanol–water partition coefficient (Wildman–Crippen LogP) is 2.23. The second-order valence-electron chi connectivity index (χ2n) is 3.24. The first-order chi connectivity index (χ1) is 8.11. The maximum atomic E-state index is 10.6. The first kappa shape index (κ1) is 15.0. The Balaban J connectivity index is 0.00000121. The van der Waals surface area contributed by atoms with E-state index in [9.17, 15) is 4.79 Å². The number of hydrogen-bond donors (Lipinski definition) is 1. The molecule has 0 fully saturated rings. The van der Waals surface area contributed by atoms with Crippen LogP contribution < -0.4 is 10.5 Å². The average molecular weight is 234 g/mol. The van der Waals surface area contributed by atoms with Crippen molar-refractivity contribution in [2.75, 3.05) is 0 Å². The number of nitriles is 1. The molecule has 92 valence electrons. The molecule has 0 bridgehead atoms. The molecule has 0 aliphatic carbocycles. The Morgan fingerprint density at radius 1 is 1.41 bits per heavy atom. The van der Waals surface area contributed by atoms with Crippen LogP contribution >= 0.6 is 0 Å². The monoisotopic (exact) mass is 234 g/mol. The fourth-order valence-corrected chi connectivity index (χ4v) is 1.17. The molecule has 1 unspecified atom stereocenters. The van der Waals surface area contributed by atoms with Crippen LogP contribution in [0, 0.1) is 11.3 Å². The normalized spacial score (nSPS) is 10.5. The van der Waals surface area contributed by atoms with Crippen molar-refractivity contribution in [2.45, 2.75) is 33.3 Å². The van der Waals surface area contributed by atoms with E-state index < -0.39 is 5.91 Å². The molecule has 1 rings (SSSR count). The molecule has 1 amide bonds. The van der Waals surface area contributed by atoms with Gasteiger partial charge in [-0.3, -0.25) is 4.79 Å². The number of hydrogen-bond acceptors (Lipinski definition) is 3. The van der Waals surface area contributed by atoms with E-state index in [0.717, 1.165) is 0 Å². The van der Waals surface area contributed by atoms with Gasteiger partial charge in [0.05, 0.1) is 18.1 Å². The van der Waals surface area contributed by atoms with Gasteiger partial charge >= 0.3 is 0 Å². The van der Waals surface area contributed by atoms with Crippen LogP contribution in [0.3, 0.4) is 0 Å². The highest BCUT2D eigenvalue weighted by molar-refractivity contribution is 5.74. The van der Waals surface area contributed by atoms with Crippen LogP contribution in [0.25, 0.3) is 0 Å².